The van der Waals surface area contributed by atoms with Crippen molar-refractivity contribution in [2.75, 3.05) is 4.72 Å². The smallest absolute Gasteiger partial charge is 0.345 e. The Balaban J connectivity index is 2.37. The van der Waals surface area contributed by atoms with Crippen molar-refractivity contribution in [1.29, 1.82) is 0 Å². The Morgan fingerprint density at radius 3 is 2.29 bits per heavy atom. The SMILES string of the molecule is O=C(O)c1ccc(S(=O)(=O)Nc2cc(F)c(F)cc2F)s1. The first-order valence-corrected chi connectivity index (χ1v) is 7.51. The summed E-state index contributed by atoms with van der Waals surface area (Å²) in [6, 6.07) is 2.62. The standard InChI is InChI=1S/C11H6F3NO4S2/c12-5-3-7(14)8(4-6(5)13)15-21(18,19)10-2-1-9(20-10)11(16)17/h1-4,15H,(H,16,17). The number of hydrogen-bond donors (Lipinski definition) is 2. The van der Waals surface area contributed by atoms with Crippen LogP contribution in [0.1, 0.15) is 9.67 Å². The van der Waals surface area contributed by atoms with Crippen molar-refractivity contribution >= 4 is 33.0 Å². The fourth-order valence-corrected chi connectivity index (χ4v) is 3.58. The number of nitrogens with one attached hydrogen (secondary N) is 1. The summed E-state index contributed by atoms with van der Waals surface area (Å²) in [7, 11) is -4.30. The highest BCUT2D eigenvalue weighted by Crippen LogP contribution is 2.26. The topological polar surface area (TPSA) is 83.5 Å². The molecule has 0 unspecified atom stereocenters. The van der Waals surface area contributed by atoms with Crippen LogP contribution in [-0.2, 0) is 10.0 Å². The summed E-state index contributed by atoms with van der Waals surface area (Å²) in [4.78, 5) is 10.4. The molecule has 112 valence electrons. The van der Waals surface area contributed by atoms with E-state index in [1.54, 1.807) is 4.72 Å². The van der Waals surface area contributed by atoms with Crippen molar-refractivity contribution in [1.82, 2.24) is 0 Å². The number of thiophene rings is 1. The summed E-state index contributed by atoms with van der Waals surface area (Å²) < 4.78 is 64.3. The number of carbonyl (C=O) groups is 1. The second kappa shape index (κ2) is 5.37. The van der Waals surface area contributed by atoms with Gasteiger partial charge in [-0.15, -0.1) is 11.3 Å². The van der Waals surface area contributed by atoms with Crippen molar-refractivity contribution in [2.45, 2.75) is 4.21 Å². The lowest BCUT2D eigenvalue weighted by atomic mass is 10.3. The van der Waals surface area contributed by atoms with Gasteiger partial charge in [-0.2, -0.15) is 0 Å². The number of sulfonamides is 1. The van der Waals surface area contributed by atoms with Crippen molar-refractivity contribution < 1.29 is 31.5 Å². The lowest BCUT2D eigenvalue weighted by Gasteiger charge is -2.07. The Bertz CT molecular complexity index is 817. The van der Waals surface area contributed by atoms with E-state index in [0.717, 1.165) is 12.1 Å². The first-order valence-electron chi connectivity index (χ1n) is 5.21. The van der Waals surface area contributed by atoms with E-state index in [2.05, 4.69) is 0 Å². The van der Waals surface area contributed by atoms with Crippen LogP contribution in [0.15, 0.2) is 28.5 Å². The first kappa shape index (κ1) is 15.3. The summed E-state index contributed by atoms with van der Waals surface area (Å²) >= 11 is 0.440. The molecule has 0 atom stereocenters. The highest BCUT2D eigenvalue weighted by molar-refractivity contribution is 7.94. The number of rotatable bonds is 4. The normalized spacial score (nSPS) is 11.4. The number of carboxylic acid groups (broad SMARTS) is 1. The molecule has 5 nitrogen and oxygen atoms in total. The molecule has 0 amide bonds. The van der Waals surface area contributed by atoms with Crippen molar-refractivity contribution in [3.05, 3.63) is 46.6 Å². The highest BCUT2D eigenvalue weighted by Gasteiger charge is 2.21. The largest absolute Gasteiger partial charge is 0.477 e. The van der Waals surface area contributed by atoms with Gasteiger partial charge in [-0.1, -0.05) is 0 Å². The minimum absolute atomic E-state index is 0.199. The van der Waals surface area contributed by atoms with Crippen molar-refractivity contribution in [2.24, 2.45) is 0 Å². The van der Waals surface area contributed by atoms with E-state index in [-0.39, 0.29) is 10.9 Å². The van der Waals surface area contributed by atoms with Gasteiger partial charge in [0.1, 0.15) is 14.9 Å². The second-order valence-electron chi connectivity index (χ2n) is 3.78. The van der Waals surface area contributed by atoms with Crippen molar-refractivity contribution in [3.63, 3.8) is 0 Å². The van der Waals surface area contributed by atoms with Crippen LogP contribution in [0.5, 0.6) is 0 Å². The van der Waals surface area contributed by atoms with Gasteiger partial charge < -0.3 is 5.11 Å². The van der Waals surface area contributed by atoms with E-state index in [0.29, 0.717) is 17.4 Å². The Hall–Kier alpha value is -2.07. The molecule has 21 heavy (non-hydrogen) atoms. The molecule has 0 fully saturated rings. The average Bonchev–Trinajstić information content (AvgIpc) is 2.86. The zero-order valence-electron chi connectivity index (χ0n) is 9.93. The van der Waals surface area contributed by atoms with Crippen LogP contribution >= 0.6 is 11.3 Å². The average molecular weight is 337 g/mol. The van der Waals surface area contributed by atoms with Crippen LogP contribution in [0.2, 0.25) is 0 Å². The zero-order valence-corrected chi connectivity index (χ0v) is 11.6. The number of aromatic carboxylic acids is 1. The third-order valence-electron chi connectivity index (χ3n) is 2.31. The fraction of sp³-hybridized carbons (Fsp3) is 0. The van der Waals surface area contributed by atoms with Crippen LogP contribution in [-0.4, -0.2) is 19.5 Å². The molecule has 0 bridgehead atoms. The molecule has 0 aliphatic rings. The number of anilines is 1. The maximum absolute atomic E-state index is 13.4. The lowest BCUT2D eigenvalue weighted by molar-refractivity contribution is 0.0702. The Labute approximate surface area is 120 Å². The quantitative estimate of drug-likeness (QED) is 0.840. The summed E-state index contributed by atoms with van der Waals surface area (Å²) in [6.07, 6.45) is 0. The molecule has 2 rings (SSSR count). The molecule has 1 aromatic carbocycles. The van der Waals surface area contributed by atoms with Crippen LogP contribution in [0.3, 0.4) is 0 Å². The Morgan fingerprint density at radius 2 is 1.71 bits per heavy atom. The minimum atomic E-state index is -4.30. The molecule has 0 radical (unpaired) electrons. The summed E-state index contributed by atoms with van der Waals surface area (Å²) in [5.41, 5.74) is -0.779. The summed E-state index contributed by atoms with van der Waals surface area (Å²) in [5, 5.41) is 8.71. The highest BCUT2D eigenvalue weighted by atomic mass is 32.2. The van der Waals surface area contributed by atoms with Gasteiger partial charge in [-0.05, 0) is 12.1 Å². The summed E-state index contributed by atoms with van der Waals surface area (Å²) in [5.74, 6) is -5.50. The molecule has 1 aromatic heterocycles. The van der Waals surface area contributed by atoms with Crippen molar-refractivity contribution in [3.8, 4) is 0 Å². The van der Waals surface area contributed by atoms with Gasteiger partial charge in [0.15, 0.2) is 11.6 Å². The second-order valence-corrected chi connectivity index (χ2v) is 6.77. The van der Waals surface area contributed by atoms with Gasteiger partial charge >= 0.3 is 5.97 Å². The maximum Gasteiger partial charge on any atom is 0.345 e. The predicted octanol–water partition coefficient (Wildman–Crippen LogP) is 2.66. The number of carboxylic acids is 1. The molecule has 0 spiro atoms. The third-order valence-corrected chi connectivity index (χ3v) is 5.24. The molecule has 1 heterocycles. The molecule has 0 aliphatic carbocycles. The molecule has 2 N–H and O–H groups in total. The third kappa shape index (κ3) is 3.16. The monoisotopic (exact) mass is 337 g/mol. The molecular weight excluding hydrogens is 331 g/mol. The van der Waals surface area contributed by atoms with E-state index in [4.69, 9.17) is 5.11 Å². The van der Waals surface area contributed by atoms with Gasteiger partial charge in [0.25, 0.3) is 10.0 Å². The van der Waals surface area contributed by atoms with E-state index in [1.165, 1.54) is 0 Å². The minimum Gasteiger partial charge on any atom is -0.477 e. The number of benzene rings is 1. The van der Waals surface area contributed by atoms with Crippen LogP contribution < -0.4 is 4.72 Å². The van der Waals surface area contributed by atoms with Crippen LogP contribution in [0, 0.1) is 17.5 Å². The van der Waals surface area contributed by atoms with Gasteiger partial charge in [0, 0.05) is 12.1 Å². The Kier molecular flexibility index (Phi) is 3.92. The molecule has 2 aromatic rings. The van der Waals surface area contributed by atoms with E-state index >= 15 is 0 Å². The number of hydrogen-bond acceptors (Lipinski definition) is 4. The maximum atomic E-state index is 13.4. The molecular formula is C11H6F3NO4S2. The molecule has 10 heteroatoms. The van der Waals surface area contributed by atoms with Gasteiger partial charge in [-0.25, -0.2) is 26.4 Å². The first-order chi connectivity index (χ1) is 9.70. The van der Waals surface area contributed by atoms with Gasteiger partial charge in [0.2, 0.25) is 0 Å². The Morgan fingerprint density at radius 1 is 1.10 bits per heavy atom. The molecule has 0 saturated carbocycles. The van der Waals surface area contributed by atoms with E-state index in [1.807, 2.05) is 0 Å². The fourth-order valence-electron chi connectivity index (χ4n) is 1.38. The van der Waals surface area contributed by atoms with E-state index in [9.17, 15) is 26.4 Å². The zero-order chi connectivity index (χ0) is 15.8. The summed E-state index contributed by atoms with van der Waals surface area (Å²) in [6.45, 7) is 0. The van der Waals surface area contributed by atoms with Crippen LogP contribution in [0.25, 0.3) is 0 Å². The lowest BCUT2D eigenvalue weighted by Crippen LogP contribution is -2.13. The van der Waals surface area contributed by atoms with Gasteiger partial charge in [0.05, 0.1) is 5.69 Å². The number of halogens is 3. The van der Waals surface area contributed by atoms with Crippen LogP contribution in [0.4, 0.5) is 18.9 Å². The van der Waals surface area contributed by atoms with E-state index < -0.39 is 43.3 Å². The molecule has 0 aliphatic heterocycles. The predicted molar refractivity (Wildman–Crippen MR) is 68.4 cm³/mol. The van der Waals surface area contributed by atoms with Gasteiger partial charge in [-0.3, -0.25) is 4.72 Å². The molecule has 0 saturated heterocycles.